The van der Waals surface area contributed by atoms with Crippen LogP contribution in [0.25, 0.3) is 0 Å². The first-order chi connectivity index (χ1) is 3.46. The Hall–Kier alpha value is -1.61. The molecule has 0 atom stereocenters. The van der Waals surface area contributed by atoms with Crippen molar-refractivity contribution in [1.82, 2.24) is 12.3 Å². The van der Waals surface area contributed by atoms with Crippen LogP contribution in [0.4, 0.5) is 4.79 Å². The van der Waals surface area contributed by atoms with Gasteiger partial charge in [-0.05, 0) is 0 Å². The Morgan fingerprint density at radius 2 is 1.30 bits per heavy atom. The number of carbonyl (C=O) groups is 1. The molecule has 0 heterocycles. The molecule has 0 aromatic rings. The maximum Gasteiger partial charge on any atom is 0.249 e. The van der Waals surface area contributed by atoms with Crippen LogP contribution in [0, 0.1) is 15.3 Å². The van der Waals surface area contributed by atoms with Crippen molar-refractivity contribution in [2.75, 3.05) is 0 Å². The Bertz CT molecular complexity index is 71.0. The molecular formula is CH9N3O6. The Balaban J connectivity index is -0.0000000300. The second-order valence-corrected chi connectivity index (χ2v) is 0.490. The first kappa shape index (κ1) is 23.8. The Kier molecular flexibility index (Phi) is 37.2. The molecule has 9 nitrogen and oxygen atoms in total. The lowest BCUT2D eigenvalue weighted by atomic mass is 11.5. The minimum absolute atomic E-state index is 0. The SMILES string of the molecule is O=C([O-])O.O=[N+]([O-])[O-].[NH4+].[NH4+]. The first-order valence-electron chi connectivity index (χ1n) is 1.18. The maximum atomic E-state index is 8.44. The van der Waals surface area contributed by atoms with Crippen molar-refractivity contribution in [1.29, 1.82) is 0 Å². The molecular weight excluding hydrogens is 150 g/mol. The van der Waals surface area contributed by atoms with Crippen LogP contribution in [-0.2, 0) is 0 Å². The van der Waals surface area contributed by atoms with Crippen LogP contribution in [0.3, 0.4) is 0 Å². The van der Waals surface area contributed by atoms with E-state index in [-0.39, 0.29) is 12.3 Å². The summed E-state index contributed by atoms with van der Waals surface area (Å²) in [6.07, 6.45) is -2.08. The fraction of sp³-hybridized carbons (Fsp3) is 0. The fourth-order valence-electron chi connectivity index (χ4n) is 0. The van der Waals surface area contributed by atoms with Crippen LogP contribution >= 0.6 is 0 Å². The van der Waals surface area contributed by atoms with E-state index in [2.05, 4.69) is 0 Å². The van der Waals surface area contributed by atoms with Crippen molar-refractivity contribution < 1.29 is 20.1 Å². The summed E-state index contributed by atoms with van der Waals surface area (Å²) >= 11 is 0. The predicted molar refractivity (Wildman–Crippen MR) is 30.4 cm³/mol. The molecule has 0 radical (unpaired) electrons. The molecule has 64 valence electrons. The predicted octanol–water partition coefficient (Wildman–Crippen LogP) is -0.599. The third kappa shape index (κ3) is 71.6. The molecule has 0 saturated heterocycles. The molecule has 9 heteroatoms. The van der Waals surface area contributed by atoms with Crippen LogP contribution in [0.15, 0.2) is 0 Å². The summed E-state index contributed by atoms with van der Waals surface area (Å²) in [4.78, 5) is 16.7. The number of hydrogen-bond acceptors (Lipinski definition) is 5. The average molecular weight is 159 g/mol. The van der Waals surface area contributed by atoms with Gasteiger partial charge in [-0.2, -0.15) is 0 Å². The molecule has 0 fully saturated rings. The van der Waals surface area contributed by atoms with Crippen LogP contribution < -0.4 is 17.4 Å². The van der Waals surface area contributed by atoms with Crippen molar-refractivity contribution >= 4 is 6.16 Å². The monoisotopic (exact) mass is 159 g/mol. The van der Waals surface area contributed by atoms with Gasteiger partial charge in [-0.1, -0.05) is 0 Å². The van der Waals surface area contributed by atoms with Crippen molar-refractivity contribution in [3.05, 3.63) is 15.3 Å². The van der Waals surface area contributed by atoms with E-state index < -0.39 is 11.2 Å². The Morgan fingerprint density at radius 3 is 1.30 bits per heavy atom. The fourth-order valence-corrected chi connectivity index (χ4v) is 0. The van der Waals surface area contributed by atoms with Crippen molar-refractivity contribution in [3.63, 3.8) is 0 Å². The molecule has 0 aliphatic heterocycles. The zero-order valence-corrected chi connectivity index (χ0v) is 5.44. The molecule has 0 unspecified atom stereocenters. The third-order valence-corrected chi connectivity index (χ3v) is 0. The second-order valence-electron chi connectivity index (χ2n) is 0.490. The molecule has 0 rings (SSSR count). The highest BCUT2D eigenvalue weighted by molar-refractivity contribution is 5.50. The summed E-state index contributed by atoms with van der Waals surface area (Å²) in [6, 6.07) is 0. The van der Waals surface area contributed by atoms with Crippen molar-refractivity contribution in [2.45, 2.75) is 0 Å². The summed E-state index contributed by atoms with van der Waals surface area (Å²) in [7, 11) is 0. The standard InChI is InChI=1S/CH2O3.NO3.2H3N/c2*2-1(3)4;;/h(H2,2,3,4);;2*1H3/q;-1;;/p+1. The van der Waals surface area contributed by atoms with Gasteiger partial charge in [0.1, 0.15) is 0 Å². The number of nitrogens with zero attached hydrogens (tertiary/aromatic N) is 1. The van der Waals surface area contributed by atoms with Gasteiger partial charge in [0.05, 0.1) is 5.09 Å². The molecule has 0 aliphatic rings. The third-order valence-electron chi connectivity index (χ3n) is 0. The van der Waals surface area contributed by atoms with E-state index in [0.717, 1.165) is 0 Å². The molecule has 0 aromatic carbocycles. The molecule has 0 amide bonds. The molecule has 0 aromatic heterocycles. The second kappa shape index (κ2) is 15.7. The number of rotatable bonds is 0. The number of quaternary nitrogens is 2. The molecule has 9 N–H and O–H groups in total. The summed E-state index contributed by atoms with van der Waals surface area (Å²) in [5, 5.41) is 30.1. The molecule has 0 spiro atoms. The van der Waals surface area contributed by atoms with Gasteiger partial charge >= 0.3 is 0 Å². The van der Waals surface area contributed by atoms with E-state index in [4.69, 9.17) is 30.3 Å². The highest BCUT2D eigenvalue weighted by Crippen LogP contribution is 1.44. The van der Waals surface area contributed by atoms with Gasteiger partial charge < -0.3 is 42.6 Å². The van der Waals surface area contributed by atoms with Gasteiger partial charge in [-0.25, -0.2) is 0 Å². The number of carboxylic acid groups (broad SMARTS) is 2. The van der Waals surface area contributed by atoms with Crippen LogP contribution in [0.5, 0.6) is 0 Å². The lowest BCUT2D eigenvalue weighted by Crippen LogP contribution is -2.17. The first-order valence-corrected chi connectivity index (χ1v) is 1.18. The van der Waals surface area contributed by atoms with Gasteiger partial charge in [0.2, 0.25) is 6.16 Å². The summed E-state index contributed by atoms with van der Waals surface area (Å²) in [6.45, 7) is 0. The van der Waals surface area contributed by atoms with Gasteiger partial charge in [-0.15, -0.1) is 0 Å². The highest BCUT2D eigenvalue weighted by atomic mass is 16.9. The van der Waals surface area contributed by atoms with E-state index in [0.29, 0.717) is 0 Å². The lowest BCUT2D eigenvalue weighted by Gasteiger charge is -1.74. The lowest BCUT2D eigenvalue weighted by molar-refractivity contribution is -0.402. The van der Waals surface area contributed by atoms with Crippen LogP contribution in [0.2, 0.25) is 0 Å². The topological polar surface area (TPSA) is 200 Å². The molecule has 0 bridgehead atoms. The Labute approximate surface area is 55.2 Å². The van der Waals surface area contributed by atoms with Gasteiger partial charge in [-0.3, -0.25) is 0 Å². The van der Waals surface area contributed by atoms with Gasteiger partial charge in [0, 0.05) is 0 Å². The zero-order valence-electron chi connectivity index (χ0n) is 5.44. The average Bonchev–Trinajstić information content (AvgIpc) is 1.25. The van der Waals surface area contributed by atoms with Crippen LogP contribution in [-0.4, -0.2) is 16.3 Å². The van der Waals surface area contributed by atoms with E-state index in [1.807, 2.05) is 0 Å². The highest BCUT2D eigenvalue weighted by Gasteiger charge is 1.51. The van der Waals surface area contributed by atoms with Crippen molar-refractivity contribution in [2.24, 2.45) is 0 Å². The number of hydrogen-bond donors (Lipinski definition) is 3. The normalized spacial score (nSPS) is 4.80. The minimum atomic E-state index is -2.08. The van der Waals surface area contributed by atoms with Gasteiger partial charge in [0.25, 0.3) is 0 Å². The van der Waals surface area contributed by atoms with E-state index in [9.17, 15) is 0 Å². The smallest absolute Gasteiger partial charge is 0.249 e. The quantitative estimate of drug-likeness (QED) is 0.310. The van der Waals surface area contributed by atoms with Gasteiger partial charge in [0.15, 0.2) is 0 Å². The maximum absolute atomic E-state index is 8.44. The molecule has 0 saturated carbocycles. The summed E-state index contributed by atoms with van der Waals surface area (Å²) in [5.41, 5.74) is 0. The Morgan fingerprint density at radius 1 is 1.30 bits per heavy atom. The zero-order chi connectivity index (χ0) is 7.15. The van der Waals surface area contributed by atoms with Crippen LogP contribution in [0.1, 0.15) is 0 Å². The minimum Gasteiger partial charge on any atom is -0.565 e. The van der Waals surface area contributed by atoms with E-state index >= 15 is 0 Å². The van der Waals surface area contributed by atoms with E-state index in [1.165, 1.54) is 0 Å². The summed E-state index contributed by atoms with van der Waals surface area (Å²) < 4.78 is 0. The molecule has 10 heavy (non-hydrogen) atoms. The van der Waals surface area contributed by atoms with E-state index in [1.54, 1.807) is 0 Å². The molecule has 0 aliphatic carbocycles. The largest absolute Gasteiger partial charge is 0.565 e. The summed E-state index contributed by atoms with van der Waals surface area (Å²) in [5.74, 6) is 0. The van der Waals surface area contributed by atoms with Crippen molar-refractivity contribution in [3.8, 4) is 0 Å².